The Labute approximate surface area is 168 Å². The maximum absolute atomic E-state index is 11.9. The summed E-state index contributed by atoms with van der Waals surface area (Å²) in [6, 6.07) is 12.1. The van der Waals surface area contributed by atoms with Crippen LogP contribution in [0.5, 0.6) is 11.5 Å². The van der Waals surface area contributed by atoms with Gasteiger partial charge < -0.3 is 14.8 Å². The predicted molar refractivity (Wildman–Crippen MR) is 109 cm³/mol. The maximum atomic E-state index is 11.9. The fourth-order valence-corrected chi connectivity index (χ4v) is 2.40. The number of nitrogens with one attached hydrogen (secondary N) is 2. The summed E-state index contributed by atoms with van der Waals surface area (Å²) < 4.78 is 10.9. The van der Waals surface area contributed by atoms with E-state index >= 15 is 0 Å². The predicted octanol–water partition coefficient (Wildman–Crippen LogP) is 3.62. The van der Waals surface area contributed by atoms with Gasteiger partial charge in [-0.3, -0.25) is 9.59 Å². The van der Waals surface area contributed by atoms with Gasteiger partial charge in [0.15, 0.2) is 11.5 Å². The minimum Gasteiger partial charge on any atom is -0.493 e. The molecule has 0 aliphatic heterocycles. The van der Waals surface area contributed by atoms with Crippen LogP contribution in [0, 0.1) is 0 Å². The number of para-hydroxylation sites is 1. The van der Waals surface area contributed by atoms with Crippen LogP contribution >= 0.6 is 11.6 Å². The molecular weight excluding hydrogens is 382 g/mol. The summed E-state index contributed by atoms with van der Waals surface area (Å²) in [5, 5.41) is 6.83. The Bertz CT molecular complexity index is 855. The highest BCUT2D eigenvalue weighted by molar-refractivity contribution is 6.33. The Balaban J connectivity index is 1.87. The molecule has 28 heavy (non-hydrogen) atoms. The van der Waals surface area contributed by atoms with E-state index in [0.29, 0.717) is 34.4 Å². The molecule has 0 heterocycles. The van der Waals surface area contributed by atoms with Gasteiger partial charge in [0.1, 0.15) is 6.42 Å². The summed E-state index contributed by atoms with van der Waals surface area (Å²) in [6.45, 7) is 2.61. The molecule has 2 aromatic rings. The van der Waals surface area contributed by atoms with Crippen LogP contribution in [0.2, 0.25) is 5.02 Å². The van der Waals surface area contributed by atoms with Crippen molar-refractivity contribution in [2.24, 2.45) is 5.10 Å². The van der Waals surface area contributed by atoms with E-state index in [0.717, 1.165) is 6.42 Å². The molecule has 0 atom stereocenters. The molecule has 0 aliphatic rings. The van der Waals surface area contributed by atoms with Crippen molar-refractivity contribution in [3.05, 3.63) is 53.1 Å². The summed E-state index contributed by atoms with van der Waals surface area (Å²) in [5.41, 5.74) is 3.47. The topological polar surface area (TPSA) is 89.0 Å². The van der Waals surface area contributed by atoms with Crippen molar-refractivity contribution in [3.8, 4) is 11.5 Å². The molecular formula is C20H22ClN3O4. The number of anilines is 1. The number of rotatable bonds is 9. The summed E-state index contributed by atoms with van der Waals surface area (Å²) in [6.07, 6.45) is 1.97. The van der Waals surface area contributed by atoms with Gasteiger partial charge in [-0.15, -0.1) is 0 Å². The lowest BCUT2D eigenvalue weighted by atomic mass is 10.2. The Morgan fingerprint density at radius 1 is 1.14 bits per heavy atom. The van der Waals surface area contributed by atoms with E-state index in [4.69, 9.17) is 21.1 Å². The first kappa shape index (κ1) is 21.2. The van der Waals surface area contributed by atoms with Crippen LogP contribution in [0.15, 0.2) is 47.6 Å². The number of methoxy groups -OCH3 is 1. The van der Waals surface area contributed by atoms with E-state index in [2.05, 4.69) is 15.8 Å². The van der Waals surface area contributed by atoms with E-state index in [1.54, 1.807) is 49.6 Å². The Hall–Kier alpha value is -3.06. The van der Waals surface area contributed by atoms with Crippen LogP contribution in [0.25, 0.3) is 0 Å². The molecule has 0 bridgehead atoms. The maximum Gasteiger partial charge on any atom is 0.249 e. The standard InChI is InChI=1S/C20H22ClN3O4/c1-3-10-28-17-9-8-14(11-18(17)27-2)13-22-24-20(26)12-19(25)23-16-7-5-4-6-15(16)21/h4-9,11,13H,3,10,12H2,1-2H3,(H,23,25)(H,24,26). The number of hydrazone groups is 1. The number of halogens is 1. The molecule has 0 fully saturated rings. The molecule has 0 radical (unpaired) electrons. The second-order valence-electron chi connectivity index (χ2n) is 5.76. The number of benzene rings is 2. The number of ether oxygens (including phenoxy) is 2. The van der Waals surface area contributed by atoms with Gasteiger partial charge in [0.05, 0.1) is 30.6 Å². The minimum absolute atomic E-state index is 0.379. The van der Waals surface area contributed by atoms with Crippen molar-refractivity contribution in [2.75, 3.05) is 19.0 Å². The highest BCUT2D eigenvalue weighted by Gasteiger charge is 2.10. The number of amides is 2. The molecule has 0 saturated heterocycles. The first-order chi connectivity index (χ1) is 13.5. The second kappa shape index (κ2) is 10.9. The van der Waals surface area contributed by atoms with Crippen LogP contribution in [-0.2, 0) is 9.59 Å². The number of nitrogens with zero attached hydrogens (tertiary/aromatic N) is 1. The molecule has 8 heteroatoms. The van der Waals surface area contributed by atoms with E-state index in [1.165, 1.54) is 6.21 Å². The quantitative estimate of drug-likeness (QED) is 0.380. The molecule has 0 aliphatic carbocycles. The van der Waals surface area contributed by atoms with E-state index < -0.39 is 11.8 Å². The summed E-state index contributed by atoms with van der Waals surface area (Å²) >= 11 is 5.96. The van der Waals surface area contributed by atoms with Gasteiger partial charge in [-0.2, -0.15) is 5.10 Å². The van der Waals surface area contributed by atoms with Crippen molar-refractivity contribution in [1.29, 1.82) is 0 Å². The zero-order valence-electron chi connectivity index (χ0n) is 15.7. The van der Waals surface area contributed by atoms with Gasteiger partial charge in [-0.05, 0) is 42.3 Å². The van der Waals surface area contributed by atoms with Crippen molar-refractivity contribution < 1.29 is 19.1 Å². The Morgan fingerprint density at radius 2 is 1.93 bits per heavy atom. The molecule has 148 valence electrons. The minimum atomic E-state index is -0.546. The summed E-state index contributed by atoms with van der Waals surface area (Å²) in [7, 11) is 1.55. The zero-order chi connectivity index (χ0) is 20.4. The van der Waals surface area contributed by atoms with Crippen molar-refractivity contribution >= 4 is 35.3 Å². The number of carbonyl (C=O) groups is 2. The smallest absolute Gasteiger partial charge is 0.249 e. The third-order valence-electron chi connectivity index (χ3n) is 3.52. The zero-order valence-corrected chi connectivity index (χ0v) is 16.5. The third kappa shape index (κ3) is 6.59. The van der Waals surface area contributed by atoms with Crippen LogP contribution in [-0.4, -0.2) is 31.7 Å². The van der Waals surface area contributed by atoms with E-state index in [9.17, 15) is 9.59 Å². The molecule has 2 N–H and O–H groups in total. The number of hydrogen-bond acceptors (Lipinski definition) is 5. The van der Waals surface area contributed by atoms with Crippen molar-refractivity contribution in [2.45, 2.75) is 19.8 Å². The fraction of sp³-hybridized carbons (Fsp3) is 0.250. The van der Waals surface area contributed by atoms with Crippen molar-refractivity contribution in [1.82, 2.24) is 5.43 Å². The largest absolute Gasteiger partial charge is 0.493 e. The van der Waals surface area contributed by atoms with Gasteiger partial charge in [0, 0.05) is 0 Å². The molecule has 2 amide bonds. The number of carbonyl (C=O) groups excluding carboxylic acids is 2. The lowest BCUT2D eigenvalue weighted by Crippen LogP contribution is -2.24. The van der Waals surface area contributed by atoms with Crippen LogP contribution in [0.3, 0.4) is 0 Å². The van der Waals surface area contributed by atoms with Gasteiger partial charge in [0.25, 0.3) is 0 Å². The van der Waals surface area contributed by atoms with Crippen LogP contribution in [0.4, 0.5) is 5.69 Å². The number of hydrogen-bond donors (Lipinski definition) is 2. The first-order valence-electron chi connectivity index (χ1n) is 8.70. The average Bonchev–Trinajstić information content (AvgIpc) is 2.68. The Morgan fingerprint density at radius 3 is 2.64 bits per heavy atom. The average molecular weight is 404 g/mol. The third-order valence-corrected chi connectivity index (χ3v) is 3.85. The molecule has 2 rings (SSSR count). The summed E-state index contributed by atoms with van der Waals surface area (Å²) in [5.74, 6) is 0.181. The molecule has 2 aromatic carbocycles. The second-order valence-corrected chi connectivity index (χ2v) is 6.16. The molecule has 0 saturated carbocycles. The first-order valence-corrected chi connectivity index (χ1v) is 9.08. The summed E-state index contributed by atoms with van der Waals surface area (Å²) in [4.78, 5) is 23.8. The molecule has 7 nitrogen and oxygen atoms in total. The monoisotopic (exact) mass is 403 g/mol. The van der Waals surface area contributed by atoms with Gasteiger partial charge >= 0.3 is 0 Å². The van der Waals surface area contributed by atoms with Crippen LogP contribution < -0.4 is 20.2 Å². The highest BCUT2D eigenvalue weighted by atomic mass is 35.5. The van der Waals surface area contributed by atoms with Crippen LogP contribution in [0.1, 0.15) is 25.3 Å². The normalized spacial score (nSPS) is 10.5. The van der Waals surface area contributed by atoms with E-state index in [1.807, 2.05) is 6.92 Å². The van der Waals surface area contributed by atoms with Crippen molar-refractivity contribution in [3.63, 3.8) is 0 Å². The van der Waals surface area contributed by atoms with Gasteiger partial charge in [0.2, 0.25) is 11.8 Å². The van der Waals surface area contributed by atoms with Gasteiger partial charge in [-0.1, -0.05) is 30.7 Å². The van der Waals surface area contributed by atoms with Gasteiger partial charge in [-0.25, -0.2) is 5.43 Å². The molecule has 0 spiro atoms. The lowest BCUT2D eigenvalue weighted by Gasteiger charge is -2.10. The lowest BCUT2D eigenvalue weighted by molar-refractivity contribution is -0.126. The van der Waals surface area contributed by atoms with E-state index in [-0.39, 0.29) is 6.42 Å². The Kier molecular flexibility index (Phi) is 8.30. The molecule has 0 unspecified atom stereocenters. The fourth-order valence-electron chi connectivity index (χ4n) is 2.22. The molecule has 0 aromatic heterocycles. The highest BCUT2D eigenvalue weighted by Crippen LogP contribution is 2.27. The SMILES string of the molecule is CCCOc1ccc(C=NNC(=O)CC(=O)Nc2ccccc2Cl)cc1OC.